The Morgan fingerprint density at radius 2 is 1.17 bits per heavy atom. The van der Waals surface area contributed by atoms with Gasteiger partial charge in [-0.1, -0.05) is 31.9 Å². The van der Waals surface area contributed by atoms with Crippen LogP contribution in [0.15, 0.2) is 0 Å². The Bertz CT molecular complexity index is 89.1. The van der Waals surface area contributed by atoms with Gasteiger partial charge in [-0.2, -0.15) is 0 Å². The Hall–Kier alpha value is 0.880. The summed E-state index contributed by atoms with van der Waals surface area (Å²) >= 11 is 7.07. The maximum absolute atomic E-state index is 8.60. The van der Waals surface area contributed by atoms with Gasteiger partial charge < -0.3 is 10.2 Å². The standard InChI is InChI=1S/C8H16Br2O2/c9-7(3-1-5-11)8(10)4-2-6-12/h7-8,11-12H,1-6H2. The third-order valence-corrected chi connectivity index (χ3v) is 4.57. The van der Waals surface area contributed by atoms with Crippen LogP contribution >= 0.6 is 31.9 Å². The molecule has 0 aromatic rings. The number of hydrogen-bond donors (Lipinski definition) is 2. The minimum atomic E-state index is 0.252. The molecule has 0 saturated carbocycles. The Morgan fingerprint density at radius 3 is 1.42 bits per heavy atom. The van der Waals surface area contributed by atoms with Crippen LogP contribution in [0.4, 0.5) is 0 Å². The highest BCUT2D eigenvalue weighted by molar-refractivity contribution is 9.12. The summed E-state index contributed by atoms with van der Waals surface area (Å²) in [4.78, 5) is 0.799. The van der Waals surface area contributed by atoms with E-state index in [4.69, 9.17) is 10.2 Å². The van der Waals surface area contributed by atoms with Crippen molar-refractivity contribution in [2.24, 2.45) is 0 Å². The second-order valence-electron chi connectivity index (χ2n) is 2.76. The minimum Gasteiger partial charge on any atom is -0.396 e. The molecule has 0 aromatic heterocycles. The molecule has 2 atom stereocenters. The highest BCUT2D eigenvalue weighted by atomic mass is 79.9. The predicted octanol–water partition coefficient (Wildman–Crippen LogP) is 2.06. The minimum absolute atomic E-state index is 0.252. The molecule has 4 heteroatoms. The lowest BCUT2D eigenvalue weighted by molar-refractivity contribution is 0.278. The zero-order valence-corrected chi connectivity index (χ0v) is 10.2. The number of rotatable bonds is 7. The van der Waals surface area contributed by atoms with Crippen LogP contribution in [0, 0.1) is 0 Å². The summed E-state index contributed by atoms with van der Waals surface area (Å²) in [5.41, 5.74) is 0. The van der Waals surface area contributed by atoms with Crippen LogP contribution in [0.2, 0.25) is 0 Å². The van der Waals surface area contributed by atoms with Crippen LogP contribution in [0.5, 0.6) is 0 Å². The van der Waals surface area contributed by atoms with Crippen LogP contribution in [0.1, 0.15) is 25.7 Å². The number of hydrogen-bond acceptors (Lipinski definition) is 2. The van der Waals surface area contributed by atoms with E-state index in [0.717, 1.165) is 25.7 Å². The maximum Gasteiger partial charge on any atom is 0.0431 e. The van der Waals surface area contributed by atoms with Crippen molar-refractivity contribution in [3.8, 4) is 0 Å². The van der Waals surface area contributed by atoms with E-state index in [1.807, 2.05) is 0 Å². The lowest BCUT2D eigenvalue weighted by Gasteiger charge is -2.15. The lowest BCUT2D eigenvalue weighted by Crippen LogP contribution is -2.14. The molecule has 74 valence electrons. The molecular formula is C8H16Br2O2. The Balaban J connectivity index is 3.39. The summed E-state index contributed by atoms with van der Waals surface area (Å²) in [5.74, 6) is 0. The molecule has 0 spiro atoms. The van der Waals surface area contributed by atoms with Gasteiger partial charge >= 0.3 is 0 Å². The highest BCUT2D eigenvalue weighted by Crippen LogP contribution is 2.22. The summed E-state index contributed by atoms with van der Waals surface area (Å²) in [5, 5.41) is 17.2. The van der Waals surface area contributed by atoms with Gasteiger partial charge in [0, 0.05) is 22.9 Å². The van der Waals surface area contributed by atoms with E-state index in [1.54, 1.807) is 0 Å². The molecule has 0 saturated heterocycles. The van der Waals surface area contributed by atoms with Crippen molar-refractivity contribution in [1.29, 1.82) is 0 Å². The normalized spacial score (nSPS) is 16.0. The summed E-state index contributed by atoms with van der Waals surface area (Å²) < 4.78 is 0. The number of aliphatic hydroxyl groups excluding tert-OH is 2. The fraction of sp³-hybridized carbons (Fsp3) is 1.00. The van der Waals surface area contributed by atoms with E-state index < -0.39 is 0 Å². The zero-order valence-electron chi connectivity index (χ0n) is 7.05. The molecule has 0 amide bonds. The molecule has 0 heterocycles. The largest absolute Gasteiger partial charge is 0.396 e. The van der Waals surface area contributed by atoms with E-state index in [2.05, 4.69) is 31.9 Å². The SMILES string of the molecule is OCCCC(Br)C(Br)CCCO. The molecule has 2 unspecified atom stereocenters. The summed E-state index contributed by atoms with van der Waals surface area (Å²) in [6, 6.07) is 0. The van der Waals surface area contributed by atoms with Gasteiger partial charge in [0.25, 0.3) is 0 Å². The van der Waals surface area contributed by atoms with E-state index in [-0.39, 0.29) is 13.2 Å². The van der Waals surface area contributed by atoms with Gasteiger partial charge in [-0.3, -0.25) is 0 Å². The molecule has 0 aliphatic carbocycles. The van der Waals surface area contributed by atoms with E-state index in [9.17, 15) is 0 Å². The van der Waals surface area contributed by atoms with Gasteiger partial charge in [0.15, 0.2) is 0 Å². The summed E-state index contributed by atoms with van der Waals surface area (Å²) in [6.45, 7) is 0.504. The van der Waals surface area contributed by atoms with Crippen LogP contribution < -0.4 is 0 Å². The molecule has 2 nitrogen and oxygen atoms in total. The lowest BCUT2D eigenvalue weighted by atomic mass is 10.1. The first-order valence-electron chi connectivity index (χ1n) is 4.22. The van der Waals surface area contributed by atoms with Gasteiger partial charge in [0.1, 0.15) is 0 Å². The van der Waals surface area contributed by atoms with Crippen molar-refractivity contribution in [2.45, 2.75) is 35.3 Å². The zero-order chi connectivity index (χ0) is 9.40. The molecule has 0 fully saturated rings. The second-order valence-corrected chi connectivity index (χ2v) is 5.12. The fourth-order valence-corrected chi connectivity index (χ4v) is 2.11. The molecule has 0 aliphatic heterocycles. The molecule has 0 aliphatic rings. The number of halogens is 2. The van der Waals surface area contributed by atoms with Crippen molar-refractivity contribution in [3.63, 3.8) is 0 Å². The average Bonchev–Trinajstić information content (AvgIpc) is 2.10. The van der Waals surface area contributed by atoms with Crippen molar-refractivity contribution in [3.05, 3.63) is 0 Å². The van der Waals surface area contributed by atoms with Crippen molar-refractivity contribution < 1.29 is 10.2 Å². The molecule has 0 rings (SSSR count). The predicted molar refractivity (Wildman–Crippen MR) is 58.1 cm³/mol. The Labute approximate surface area is 90.6 Å². The molecular weight excluding hydrogens is 288 g/mol. The van der Waals surface area contributed by atoms with E-state index >= 15 is 0 Å². The van der Waals surface area contributed by atoms with E-state index in [0.29, 0.717) is 9.65 Å². The number of alkyl halides is 2. The quantitative estimate of drug-likeness (QED) is 0.707. The van der Waals surface area contributed by atoms with Gasteiger partial charge in [0.05, 0.1) is 0 Å². The third-order valence-electron chi connectivity index (χ3n) is 1.67. The molecule has 0 aromatic carbocycles. The fourth-order valence-electron chi connectivity index (χ4n) is 0.934. The third kappa shape index (κ3) is 6.40. The van der Waals surface area contributed by atoms with Gasteiger partial charge in [-0.05, 0) is 25.7 Å². The smallest absolute Gasteiger partial charge is 0.0431 e. The first kappa shape index (κ1) is 12.9. The van der Waals surface area contributed by atoms with Gasteiger partial charge in [0.2, 0.25) is 0 Å². The van der Waals surface area contributed by atoms with Gasteiger partial charge in [-0.25, -0.2) is 0 Å². The van der Waals surface area contributed by atoms with Crippen molar-refractivity contribution >= 4 is 31.9 Å². The Morgan fingerprint density at radius 1 is 0.833 bits per heavy atom. The van der Waals surface area contributed by atoms with Crippen molar-refractivity contribution in [2.75, 3.05) is 13.2 Å². The summed E-state index contributed by atoms with van der Waals surface area (Å²) in [7, 11) is 0. The van der Waals surface area contributed by atoms with Crippen LogP contribution in [0.25, 0.3) is 0 Å². The average molecular weight is 304 g/mol. The highest BCUT2D eigenvalue weighted by Gasteiger charge is 2.14. The molecule has 12 heavy (non-hydrogen) atoms. The van der Waals surface area contributed by atoms with Crippen LogP contribution in [-0.2, 0) is 0 Å². The topological polar surface area (TPSA) is 40.5 Å². The maximum atomic E-state index is 8.60. The monoisotopic (exact) mass is 302 g/mol. The number of aliphatic hydroxyl groups is 2. The second kappa shape index (κ2) is 8.48. The summed E-state index contributed by atoms with van der Waals surface area (Å²) in [6.07, 6.45) is 3.60. The molecule has 2 N–H and O–H groups in total. The molecule has 0 bridgehead atoms. The van der Waals surface area contributed by atoms with Gasteiger partial charge in [-0.15, -0.1) is 0 Å². The van der Waals surface area contributed by atoms with Crippen molar-refractivity contribution in [1.82, 2.24) is 0 Å². The first-order valence-corrected chi connectivity index (χ1v) is 6.05. The Kier molecular flexibility index (Phi) is 9.10. The first-order chi connectivity index (χ1) is 5.72. The van der Waals surface area contributed by atoms with E-state index in [1.165, 1.54) is 0 Å². The molecule has 0 radical (unpaired) electrons. The van der Waals surface area contributed by atoms with Crippen LogP contribution in [-0.4, -0.2) is 33.1 Å². The van der Waals surface area contributed by atoms with Crippen LogP contribution in [0.3, 0.4) is 0 Å².